The average Bonchev–Trinajstić information content (AvgIpc) is 1.76. The second-order valence-corrected chi connectivity index (χ2v) is 23.0. The summed E-state index contributed by atoms with van der Waals surface area (Å²) in [5, 5.41) is 51.0. The van der Waals surface area contributed by atoms with Crippen molar-refractivity contribution in [2.45, 2.75) is 129 Å². The molecule has 0 unspecified atom stereocenters. The number of aromatic nitrogens is 3. The molecule has 0 radical (unpaired) electrons. The molecule has 90 heavy (non-hydrogen) atoms. The Morgan fingerprint density at radius 1 is 0.444 bits per heavy atom. The first-order chi connectivity index (χ1) is 43.4. The highest BCUT2D eigenvalue weighted by Gasteiger charge is 2.33. The van der Waals surface area contributed by atoms with Gasteiger partial charge >= 0.3 is 11.9 Å². The maximum atomic E-state index is 14.5. The molecular weight excluding hydrogens is 1140 g/mol. The van der Waals surface area contributed by atoms with Crippen molar-refractivity contribution < 1.29 is 57.9 Å². The Morgan fingerprint density at radius 3 is 1.13 bits per heavy atom. The van der Waals surface area contributed by atoms with Gasteiger partial charge in [0.15, 0.2) is 0 Å². The number of ether oxygens (including phenoxy) is 2. The van der Waals surface area contributed by atoms with E-state index in [2.05, 4.69) is 15.6 Å². The molecule has 0 fully saturated rings. The number of pyridine rings is 1. The van der Waals surface area contributed by atoms with Gasteiger partial charge in [-0.3, -0.25) is 24.2 Å². The molecule has 0 saturated carbocycles. The monoisotopic (exact) mass is 1220 g/mol. The van der Waals surface area contributed by atoms with Crippen LogP contribution in [0.3, 0.4) is 0 Å². The lowest BCUT2D eigenvalue weighted by Gasteiger charge is -2.20. The number of amides is 2. The number of hydrogen-bond donors (Lipinski definition) is 6. The normalized spacial score (nSPS) is 12.8. The summed E-state index contributed by atoms with van der Waals surface area (Å²) >= 11 is 0. The molecule has 0 aliphatic heterocycles. The smallest absolute Gasteiger partial charge is 0.308 e. The summed E-state index contributed by atoms with van der Waals surface area (Å²) in [6.45, 7) is 7.77. The maximum absolute atomic E-state index is 14.5. The Kier molecular flexibility index (Phi) is 22.2. The number of rotatable bonds is 28. The van der Waals surface area contributed by atoms with Crippen LogP contribution in [-0.2, 0) is 45.4 Å². The van der Waals surface area contributed by atoms with Crippen molar-refractivity contribution in [2.75, 3.05) is 10.6 Å². The highest BCUT2D eigenvalue weighted by atomic mass is 19.1. The standard InChI is InChI=1S/C73H75F2N5O10/c1-46(2)68-66(72(87)77-54-22-13-7-14-23-54)64(48-18-9-5-10-19-48)70(50-28-32-52(74)33-29-50)79(68)38-36-58(81)40-60(83)42-62(85)89-44-56-26-17-27-57(76-56)45-90-63(86)43-61(84)41-59(82)37-39-80-69(47(3)4)67(73(88)78-55-24-15-8-16-25-55)65(49-20-11-6-12-21-49)71(80)51-30-34-53(75)35-31-51/h5-35,46-47,58-61,81-84H,36-45H2,1-4H3,(H,77,87)(H,78,88)/t58-,59-,60-,61-/m1/s1. The van der Waals surface area contributed by atoms with Gasteiger partial charge < -0.3 is 49.7 Å². The Balaban J connectivity index is 0.785. The summed E-state index contributed by atoms with van der Waals surface area (Å²) in [6.07, 6.45) is -5.68. The van der Waals surface area contributed by atoms with Crippen molar-refractivity contribution in [1.82, 2.24) is 14.1 Å². The number of benzene rings is 6. The van der Waals surface area contributed by atoms with Gasteiger partial charge in [0.2, 0.25) is 0 Å². The summed E-state index contributed by atoms with van der Waals surface area (Å²) in [5.74, 6) is -3.39. The number of para-hydroxylation sites is 2. The Bertz CT molecular complexity index is 3610. The van der Waals surface area contributed by atoms with Crippen molar-refractivity contribution in [3.63, 3.8) is 0 Å². The number of anilines is 2. The number of aliphatic hydroxyl groups excluding tert-OH is 4. The number of hydrogen-bond acceptors (Lipinski definition) is 11. The van der Waals surface area contributed by atoms with E-state index in [1.807, 2.05) is 134 Å². The van der Waals surface area contributed by atoms with Gasteiger partial charge in [-0.05, 0) is 145 Å². The van der Waals surface area contributed by atoms with E-state index >= 15 is 0 Å². The minimum atomic E-state index is -1.28. The molecule has 9 aromatic rings. The molecule has 3 heterocycles. The lowest BCUT2D eigenvalue weighted by Crippen LogP contribution is -2.24. The average molecular weight is 1220 g/mol. The number of nitrogens with one attached hydrogen (secondary N) is 2. The third-order valence-corrected chi connectivity index (χ3v) is 15.5. The molecule has 6 N–H and O–H groups in total. The van der Waals surface area contributed by atoms with E-state index in [4.69, 9.17) is 9.47 Å². The molecule has 4 atom stereocenters. The topological polar surface area (TPSA) is 214 Å². The zero-order valence-corrected chi connectivity index (χ0v) is 50.8. The molecule has 0 saturated heterocycles. The summed E-state index contributed by atoms with van der Waals surface area (Å²) in [4.78, 5) is 59.5. The first-order valence-corrected chi connectivity index (χ1v) is 30.3. The molecule has 15 nitrogen and oxygen atoms in total. The molecule has 0 aliphatic rings. The second-order valence-electron chi connectivity index (χ2n) is 23.0. The van der Waals surface area contributed by atoms with E-state index in [1.54, 1.807) is 66.7 Å². The predicted molar refractivity (Wildman–Crippen MR) is 343 cm³/mol. The van der Waals surface area contributed by atoms with Crippen LogP contribution < -0.4 is 10.6 Å². The van der Waals surface area contributed by atoms with E-state index in [1.165, 1.54) is 24.3 Å². The highest BCUT2D eigenvalue weighted by molar-refractivity contribution is 6.13. The predicted octanol–water partition coefficient (Wildman–Crippen LogP) is 13.7. The number of aliphatic hydroxyl groups is 4. The van der Waals surface area contributed by atoms with Crippen LogP contribution in [0.25, 0.3) is 44.8 Å². The number of esters is 2. The van der Waals surface area contributed by atoms with Crippen molar-refractivity contribution in [3.8, 4) is 44.8 Å². The number of carbonyl (C=O) groups excluding carboxylic acids is 4. The van der Waals surface area contributed by atoms with Gasteiger partial charge in [0.25, 0.3) is 11.8 Å². The van der Waals surface area contributed by atoms with Crippen LogP contribution in [0, 0.1) is 11.6 Å². The zero-order chi connectivity index (χ0) is 63.8. The molecule has 466 valence electrons. The van der Waals surface area contributed by atoms with Crippen molar-refractivity contribution in [1.29, 1.82) is 0 Å². The zero-order valence-electron chi connectivity index (χ0n) is 50.8. The van der Waals surface area contributed by atoms with Crippen LogP contribution in [0.2, 0.25) is 0 Å². The molecule has 0 bridgehead atoms. The van der Waals surface area contributed by atoms with Gasteiger partial charge in [-0.1, -0.05) is 131 Å². The van der Waals surface area contributed by atoms with Gasteiger partial charge in [0.1, 0.15) is 24.8 Å². The Morgan fingerprint density at radius 2 is 0.789 bits per heavy atom. The van der Waals surface area contributed by atoms with Crippen LogP contribution >= 0.6 is 0 Å². The molecule has 0 aliphatic carbocycles. The fraction of sp³-hybridized carbons (Fsp3) is 0.274. The molecular formula is C73H75F2N5O10. The van der Waals surface area contributed by atoms with Crippen LogP contribution in [0.5, 0.6) is 0 Å². The van der Waals surface area contributed by atoms with Crippen molar-refractivity contribution in [2.24, 2.45) is 0 Å². The minimum Gasteiger partial charge on any atom is -0.459 e. The summed E-state index contributed by atoms with van der Waals surface area (Å²) in [6, 6.07) is 54.1. The Hall–Kier alpha value is -9.39. The fourth-order valence-corrected chi connectivity index (χ4v) is 11.5. The first kappa shape index (κ1) is 65.1. The van der Waals surface area contributed by atoms with Gasteiger partial charge in [-0.2, -0.15) is 0 Å². The quantitative estimate of drug-likeness (QED) is 0.0254. The molecule has 3 aromatic heterocycles. The molecule has 2 amide bonds. The number of nitrogens with zero attached hydrogens (tertiary/aromatic N) is 3. The van der Waals surface area contributed by atoms with Crippen LogP contribution in [0.15, 0.2) is 188 Å². The van der Waals surface area contributed by atoms with E-state index in [9.17, 15) is 48.4 Å². The van der Waals surface area contributed by atoms with Gasteiger partial charge in [0, 0.05) is 47.0 Å². The maximum Gasteiger partial charge on any atom is 0.308 e. The SMILES string of the molecule is CC(C)c1c(C(=O)Nc2ccccc2)c(-c2ccccc2)c(-c2ccc(F)cc2)n1CC[C@@H](O)C[C@@H](O)CC(=O)OCc1cccc(COC(=O)C[C@H](O)C[C@H](O)CCn2c(-c3ccc(F)cc3)c(-c3ccccc3)c(C(=O)Nc3ccccc3)c2C(C)C)n1. The van der Waals surface area contributed by atoms with E-state index in [0.717, 1.165) is 11.1 Å². The largest absolute Gasteiger partial charge is 0.459 e. The van der Waals surface area contributed by atoms with Crippen LogP contribution in [-0.4, -0.2) is 82.7 Å². The third kappa shape index (κ3) is 16.7. The van der Waals surface area contributed by atoms with Gasteiger partial charge in [-0.25, -0.2) is 8.78 Å². The van der Waals surface area contributed by atoms with E-state index in [0.29, 0.717) is 78.9 Å². The number of halogens is 2. The third-order valence-electron chi connectivity index (χ3n) is 15.5. The van der Waals surface area contributed by atoms with Crippen LogP contribution in [0.4, 0.5) is 20.2 Å². The first-order valence-electron chi connectivity index (χ1n) is 30.3. The summed E-state index contributed by atoms with van der Waals surface area (Å²) in [5.41, 5.74) is 9.59. The van der Waals surface area contributed by atoms with Crippen molar-refractivity contribution >= 4 is 35.1 Å². The molecule has 17 heteroatoms. The molecule has 6 aromatic carbocycles. The lowest BCUT2D eigenvalue weighted by atomic mass is 9.94. The van der Waals surface area contributed by atoms with Crippen molar-refractivity contribution in [3.05, 3.63) is 234 Å². The molecule has 0 spiro atoms. The highest BCUT2D eigenvalue weighted by Crippen LogP contribution is 2.45. The fourth-order valence-electron chi connectivity index (χ4n) is 11.5. The number of carbonyl (C=O) groups is 4. The van der Waals surface area contributed by atoms with Gasteiger partial charge in [-0.15, -0.1) is 0 Å². The van der Waals surface area contributed by atoms with E-state index in [-0.39, 0.29) is 75.6 Å². The summed E-state index contributed by atoms with van der Waals surface area (Å²) in [7, 11) is 0. The Labute approximate surface area is 522 Å². The lowest BCUT2D eigenvalue weighted by molar-refractivity contribution is -0.148. The molecule has 9 rings (SSSR count). The van der Waals surface area contributed by atoms with E-state index < -0.39 is 60.8 Å². The van der Waals surface area contributed by atoms with Crippen LogP contribution in [0.1, 0.15) is 122 Å². The second kappa shape index (κ2) is 30.7. The summed E-state index contributed by atoms with van der Waals surface area (Å²) < 4.78 is 43.7. The van der Waals surface area contributed by atoms with Gasteiger partial charge in [0.05, 0.1) is 71.2 Å². The minimum absolute atomic E-state index is 0.123.